The standard InChI is InChI=1S/C25H25NO7/c1-15-6-8-16(9-7-15)23(29)21-22(17-10-11-18-19(13-17)33-14-32-18)26(25(31)24(21)30)12-4-2-3-5-20(27)28/h6-11,13,22,30H,2-5,12,14H2,1H3,(H,27,28). The summed E-state index contributed by atoms with van der Waals surface area (Å²) in [7, 11) is 0. The number of benzene rings is 2. The molecule has 1 unspecified atom stereocenters. The molecule has 2 heterocycles. The van der Waals surface area contributed by atoms with Crippen LogP contribution in [0.4, 0.5) is 0 Å². The van der Waals surface area contributed by atoms with Gasteiger partial charge in [0.05, 0.1) is 11.6 Å². The maximum atomic E-state index is 13.4. The molecule has 0 radical (unpaired) electrons. The number of carbonyl (C=O) groups excluding carboxylic acids is 2. The number of ketones is 1. The molecule has 0 aliphatic carbocycles. The van der Waals surface area contributed by atoms with Gasteiger partial charge in [0, 0.05) is 18.5 Å². The summed E-state index contributed by atoms with van der Waals surface area (Å²) < 4.78 is 10.8. The normalized spacial score (nSPS) is 17.1. The van der Waals surface area contributed by atoms with E-state index in [-0.39, 0.29) is 25.3 Å². The summed E-state index contributed by atoms with van der Waals surface area (Å²) in [6.45, 7) is 2.27. The lowest BCUT2D eigenvalue weighted by Gasteiger charge is -2.27. The van der Waals surface area contributed by atoms with Crippen LogP contribution in [-0.2, 0) is 9.59 Å². The number of carboxylic acid groups (broad SMARTS) is 1. The van der Waals surface area contributed by atoms with Gasteiger partial charge in [-0.05, 0) is 37.5 Å². The zero-order valence-electron chi connectivity index (χ0n) is 18.2. The Balaban J connectivity index is 1.65. The van der Waals surface area contributed by atoms with E-state index >= 15 is 0 Å². The topological polar surface area (TPSA) is 113 Å². The number of aliphatic carboxylic acids is 1. The Bertz CT molecular complexity index is 1120. The molecule has 2 aromatic carbocycles. The number of Topliss-reactive ketones (excluding diaryl/α,β-unsaturated/α-hetero) is 1. The Morgan fingerprint density at radius 3 is 2.48 bits per heavy atom. The SMILES string of the molecule is Cc1ccc(C(=O)C2=C(O)C(=O)N(CCCCCC(=O)O)C2c2ccc3c(c2)OCO3)cc1. The fourth-order valence-corrected chi connectivity index (χ4v) is 4.14. The van der Waals surface area contributed by atoms with Crippen molar-refractivity contribution in [2.24, 2.45) is 0 Å². The minimum absolute atomic E-state index is 0.0215. The van der Waals surface area contributed by atoms with Crippen LogP contribution in [0.1, 0.15) is 53.2 Å². The monoisotopic (exact) mass is 451 g/mol. The van der Waals surface area contributed by atoms with Gasteiger partial charge in [-0.1, -0.05) is 42.3 Å². The molecular weight excluding hydrogens is 426 g/mol. The van der Waals surface area contributed by atoms with E-state index in [2.05, 4.69) is 0 Å². The zero-order valence-corrected chi connectivity index (χ0v) is 18.2. The van der Waals surface area contributed by atoms with Crippen LogP contribution in [0.15, 0.2) is 53.8 Å². The molecule has 1 atom stereocenters. The molecule has 0 saturated carbocycles. The van der Waals surface area contributed by atoms with E-state index < -0.39 is 29.5 Å². The number of unbranched alkanes of at least 4 members (excludes halogenated alkanes) is 2. The van der Waals surface area contributed by atoms with Crippen LogP contribution < -0.4 is 9.47 Å². The van der Waals surface area contributed by atoms with Gasteiger partial charge in [-0.15, -0.1) is 0 Å². The Morgan fingerprint density at radius 2 is 1.76 bits per heavy atom. The highest BCUT2D eigenvalue weighted by Gasteiger charge is 2.43. The maximum Gasteiger partial charge on any atom is 0.303 e. The quantitative estimate of drug-likeness (QED) is 0.438. The predicted octanol–water partition coefficient (Wildman–Crippen LogP) is 3.95. The van der Waals surface area contributed by atoms with Crippen LogP contribution >= 0.6 is 0 Å². The second-order valence-corrected chi connectivity index (χ2v) is 8.18. The van der Waals surface area contributed by atoms with Crippen LogP contribution in [0.25, 0.3) is 0 Å². The average molecular weight is 451 g/mol. The number of aryl methyl sites for hydroxylation is 1. The molecule has 2 aliphatic rings. The molecule has 0 bridgehead atoms. The summed E-state index contributed by atoms with van der Waals surface area (Å²) in [5, 5.41) is 19.6. The first-order valence-electron chi connectivity index (χ1n) is 10.8. The first-order chi connectivity index (χ1) is 15.9. The van der Waals surface area contributed by atoms with Crippen molar-refractivity contribution in [2.75, 3.05) is 13.3 Å². The van der Waals surface area contributed by atoms with Gasteiger partial charge in [0.25, 0.3) is 5.91 Å². The lowest BCUT2D eigenvalue weighted by atomic mass is 9.92. The van der Waals surface area contributed by atoms with Gasteiger partial charge < -0.3 is 24.6 Å². The van der Waals surface area contributed by atoms with Gasteiger partial charge in [-0.2, -0.15) is 0 Å². The van der Waals surface area contributed by atoms with Crippen molar-refractivity contribution in [3.8, 4) is 11.5 Å². The smallest absolute Gasteiger partial charge is 0.303 e. The Kier molecular flexibility index (Phi) is 6.35. The summed E-state index contributed by atoms with van der Waals surface area (Å²) in [6, 6.07) is 11.4. The van der Waals surface area contributed by atoms with E-state index in [1.165, 1.54) is 4.90 Å². The molecule has 2 aromatic rings. The summed E-state index contributed by atoms with van der Waals surface area (Å²) in [5.74, 6) is -1.38. The minimum atomic E-state index is -0.865. The number of aliphatic hydroxyl groups excluding tert-OH is 1. The molecule has 8 heteroatoms. The summed E-state index contributed by atoms with van der Waals surface area (Å²) in [4.78, 5) is 38.6. The molecule has 8 nitrogen and oxygen atoms in total. The van der Waals surface area contributed by atoms with Crippen molar-refractivity contribution in [3.63, 3.8) is 0 Å². The van der Waals surface area contributed by atoms with E-state index in [1.54, 1.807) is 42.5 Å². The zero-order chi connectivity index (χ0) is 23.5. The average Bonchev–Trinajstić information content (AvgIpc) is 3.36. The van der Waals surface area contributed by atoms with Crippen LogP contribution in [0.5, 0.6) is 11.5 Å². The molecule has 0 saturated heterocycles. The number of ether oxygens (including phenoxy) is 2. The second kappa shape index (κ2) is 9.36. The summed E-state index contributed by atoms with van der Waals surface area (Å²) in [6.07, 6.45) is 1.69. The van der Waals surface area contributed by atoms with Crippen LogP contribution in [0.2, 0.25) is 0 Å². The fraction of sp³-hybridized carbons (Fsp3) is 0.320. The third-order valence-corrected chi connectivity index (χ3v) is 5.86. The van der Waals surface area contributed by atoms with Gasteiger partial charge in [-0.25, -0.2) is 0 Å². The summed E-state index contributed by atoms with van der Waals surface area (Å²) >= 11 is 0. The maximum absolute atomic E-state index is 13.4. The number of nitrogens with zero attached hydrogens (tertiary/aromatic N) is 1. The molecule has 0 fully saturated rings. The molecule has 2 N–H and O–H groups in total. The highest BCUT2D eigenvalue weighted by molar-refractivity contribution is 6.16. The Labute approximate surface area is 191 Å². The van der Waals surface area contributed by atoms with Gasteiger partial charge >= 0.3 is 5.97 Å². The largest absolute Gasteiger partial charge is 0.503 e. The number of hydrogen-bond donors (Lipinski definition) is 2. The first kappa shape index (κ1) is 22.4. The van der Waals surface area contributed by atoms with Crippen molar-refractivity contribution in [1.82, 2.24) is 4.90 Å². The Morgan fingerprint density at radius 1 is 1.03 bits per heavy atom. The number of hydrogen-bond acceptors (Lipinski definition) is 6. The lowest BCUT2D eigenvalue weighted by Crippen LogP contribution is -2.32. The molecule has 172 valence electrons. The van der Waals surface area contributed by atoms with Crippen molar-refractivity contribution in [3.05, 3.63) is 70.5 Å². The van der Waals surface area contributed by atoms with E-state index in [0.29, 0.717) is 41.9 Å². The van der Waals surface area contributed by atoms with Gasteiger partial charge in [-0.3, -0.25) is 14.4 Å². The number of aliphatic hydroxyl groups is 1. The molecule has 2 aliphatic heterocycles. The third kappa shape index (κ3) is 4.55. The van der Waals surface area contributed by atoms with Crippen LogP contribution in [-0.4, -0.2) is 46.1 Å². The third-order valence-electron chi connectivity index (χ3n) is 5.86. The van der Waals surface area contributed by atoms with Crippen LogP contribution in [0, 0.1) is 6.92 Å². The lowest BCUT2D eigenvalue weighted by molar-refractivity contribution is -0.137. The van der Waals surface area contributed by atoms with E-state index in [0.717, 1.165) is 5.56 Å². The fourth-order valence-electron chi connectivity index (χ4n) is 4.14. The number of rotatable bonds is 9. The highest BCUT2D eigenvalue weighted by Crippen LogP contribution is 2.42. The van der Waals surface area contributed by atoms with Gasteiger partial charge in [0.2, 0.25) is 6.79 Å². The molecule has 0 aromatic heterocycles. The molecular formula is C25H25NO7. The van der Waals surface area contributed by atoms with Crippen molar-refractivity contribution in [1.29, 1.82) is 0 Å². The number of carboxylic acids is 1. The highest BCUT2D eigenvalue weighted by atomic mass is 16.7. The van der Waals surface area contributed by atoms with Crippen LogP contribution in [0.3, 0.4) is 0 Å². The van der Waals surface area contributed by atoms with Crippen molar-refractivity contribution in [2.45, 2.75) is 38.6 Å². The van der Waals surface area contributed by atoms with Crippen molar-refractivity contribution >= 4 is 17.7 Å². The number of fused-ring (bicyclic) bond motifs is 1. The molecule has 4 rings (SSSR count). The van der Waals surface area contributed by atoms with Crippen molar-refractivity contribution < 1.29 is 34.1 Å². The molecule has 1 amide bonds. The Hall–Kier alpha value is -3.81. The minimum Gasteiger partial charge on any atom is -0.503 e. The van der Waals surface area contributed by atoms with Gasteiger partial charge in [0.1, 0.15) is 0 Å². The molecule has 33 heavy (non-hydrogen) atoms. The number of amides is 1. The second-order valence-electron chi connectivity index (χ2n) is 8.18. The van der Waals surface area contributed by atoms with Gasteiger partial charge in [0.15, 0.2) is 23.0 Å². The first-order valence-corrected chi connectivity index (χ1v) is 10.8. The van der Waals surface area contributed by atoms with E-state index in [9.17, 15) is 19.5 Å². The van der Waals surface area contributed by atoms with E-state index in [4.69, 9.17) is 14.6 Å². The number of carbonyl (C=O) groups is 3. The summed E-state index contributed by atoms with van der Waals surface area (Å²) in [5.41, 5.74) is 2.01. The van der Waals surface area contributed by atoms with E-state index in [1.807, 2.05) is 6.92 Å². The predicted molar refractivity (Wildman–Crippen MR) is 118 cm³/mol. The molecule has 0 spiro atoms.